The molecule has 19 heavy (non-hydrogen) atoms. The average molecular weight is 269 g/mol. The van der Waals surface area contributed by atoms with E-state index in [4.69, 9.17) is 4.74 Å². The third-order valence-corrected chi connectivity index (χ3v) is 3.56. The van der Waals surface area contributed by atoms with Crippen LogP contribution in [-0.4, -0.2) is 41.3 Å². The first-order valence-corrected chi connectivity index (χ1v) is 6.56. The van der Waals surface area contributed by atoms with Gasteiger partial charge in [0.1, 0.15) is 12.6 Å². The van der Waals surface area contributed by atoms with Crippen LogP contribution in [0.3, 0.4) is 0 Å². The summed E-state index contributed by atoms with van der Waals surface area (Å²) in [6.07, 6.45) is 2.51. The first kappa shape index (κ1) is 15.5. The van der Waals surface area contributed by atoms with Crippen LogP contribution >= 0.6 is 0 Å². The van der Waals surface area contributed by atoms with Crippen LogP contribution in [0.4, 0.5) is 4.79 Å². The fourth-order valence-electron chi connectivity index (χ4n) is 2.63. The standard InChI is InChI=1S/C14H23NO4/c1-5-9-19-13(18)15-8-6-7-10(14(2,3)4)11(15)12(16)17/h5,10-11H,1,6-9H2,2-4H3,(H,16,17)/t10-,11+/m0/s1. The summed E-state index contributed by atoms with van der Waals surface area (Å²) < 4.78 is 4.98. The van der Waals surface area contributed by atoms with E-state index in [0.717, 1.165) is 12.8 Å². The van der Waals surface area contributed by atoms with Gasteiger partial charge in [-0.2, -0.15) is 0 Å². The summed E-state index contributed by atoms with van der Waals surface area (Å²) in [6, 6.07) is -0.814. The molecular weight excluding hydrogens is 246 g/mol. The summed E-state index contributed by atoms with van der Waals surface area (Å²) in [7, 11) is 0. The Morgan fingerprint density at radius 2 is 2.11 bits per heavy atom. The number of aliphatic carboxylic acids is 1. The van der Waals surface area contributed by atoms with E-state index in [2.05, 4.69) is 6.58 Å². The van der Waals surface area contributed by atoms with Gasteiger partial charge in [-0.25, -0.2) is 9.59 Å². The largest absolute Gasteiger partial charge is 0.480 e. The quantitative estimate of drug-likeness (QED) is 0.799. The Kier molecular flexibility index (Phi) is 4.97. The summed E-state index contributed by atoms with van der Waals surface area (Å²) in [5.41, 5.74) is -0.166. The maximum absolute atomic E-state index is 11.9. The molecule has 0 aromatic rings. The Bertz CT molecular complexity index is 359. The second-order valence-corrected chi connectivity index (χ2v) is 5.96. The molecule has 1 heterocycles. The zero-order chi connectivity index (χ0) is 14.6. The smallest absolute Gasteiger partial charge is 0.410 e. The molecule has 1 rings (SSSR count). The van der Waals surface area contributed by atoms with Crippen molar-refractivity contribution in [3.63, 3.8) is 0 Å². The summed E-state index contributed by atoms with van der Waals surface area (Å²) in [4.78, 5) is 24.8. The number of hydrogen-bond donors (Lipinski definition) is 1. The Labute approximate surface area is 114 Å². The lowest BCUT2D eigenvalue weighted by Crippen LogP contribution is -2.55. The molecule has 0 bridgehead atoms. The van der Waals surface area contributed by atoms with Crippen molar-refractivity contribution in [3.05, 3.63) is 12.7 Å². The van der Waals surface area contributed by atoms with Gasteiger partial charge in [0.25, 0.3) is 0 Å². The highest BCUT2D eigenvalue weighted by Gasteiger charge is 2.44. The Morgan fingerprint density at radius 3 is 2.58 bits per heavy atom. The topological polar surface area (TPSA) is 66.8 Å². The normalized spacial score (nSPS) is 23.8. The zero-order valence-electron chi connectivity index (χ0n) is 11.9. The second kappa shape index (κ2) is 6.08. The SMILES string of the molecule is C=CCOC(=O)N1CCC[C@H](C(C)(C)C)[C@@H]1C(=O)O. The van der Waals surface area contributed by atoms with Crippen LogP contribution in [0, 0.1) is 11.3 Å². The minimum atomic E-state index is -0.963. The van der Waals surface area contributed by atoms with Crippen molar-refractivity contribution in [2.75, 3.05) is 13.2 Å². The Morgan fingerprint density at radius 1 is 1.47 bits per heavy atom. The average Bonchev–Trinajstić information content (AvgIpc) is 2.33. The minimum Gasteiger partial charge on any atom is -0.480 e. The summed E-state index contributed by atoms with van der Waals surface area (Å²) >= 11 is 0. The lowest BCUT2D eigenvalue weighted by molar-refractivity contribution is -0.148. The monoisotopic (exact) mass is 269 g/mol. The van der Waals surface area contributed by atoms with Crippen molar-refractivity contribution in [1.29, 1.82) is 0 Å². The molecule has 1 saturated heterocycles. The van der Waals surface area contributed by atoms with Gasteiger partial charge < -0.3 is 9.84 Å². The lowest BCUT2D eigenvalue weighted by Gasteiger charge is -2.43. The molecule has 0 radical (unpaired) electrons. The van der Waals surface area contributed by atoms with Crippen molar-refractivity contribution >= 4 is 12.1 Å². The number of rotatable bonds is 3. The second-order valence-electron chi connectivity index (χ2n) is 5.96. The van der Waals surface area contributed by atoms with E-state index in [1.165, 1.54) is 11.0 Å². The number of amides is 1. The molecular formula is C14H23NO4. The van der Waals surface area contributed by atoms with E-state index in [-0.39, 0.29) is 17.9 Å². The van der Waals surface area contributed by atoms with Crippen molar-refractivity contribution < 1.29 is 19.4 Å². The third kappa shape index (κ3) is 3.72. The maximum Gasteiger partial charge on any atom is 0.410 e. The Balaban J connectivity index is 2.93. The number of carboxylic acids is 1. The molecule has 108 valence electrons. The minimum absolute atomic E-state index is 0.0740. The number of nitrogens with zero attached hydrogens (tertiary/aromatic N) is 1. The number of ether oxygens (including phenoxy) is 1. The Hall–Kier alpha value is -1.52. The molecule has 0 saturated carbocycles. The van der Waals surface area contributed by atoms with E-state index >= 15 is 0 Å². The van der Waals surface area contributed by atoms with Crippen LogP contribution in [0.15, 0.2) is 12.7 Å². The fourth-order valence-corrected chi connectivity index (χ4v) is 2.63. The molecule has 0 aromatic heterocycles. The van der Waals surface area contributed by atoms with Gasteiger partial charge in [-0.15, -0.1) is 0 Å². The first-order valence-electron chi connectivity index (χ1n) is 6.56. The van der Waals surface area contributed by atoms with Gasteiger partial charge >= 0.3 is 12.1 Å². The van der Waals surface area contributed by atoms with Crippen molar-refractivity contribution in [3.8, 4) is 0 Å². The van der Waals surface area contributed by atoms with Crippen LogP contribution in [0.1, 0.15) is 33.6 Å². The van der Waals surface area contributed by atoms with Crippen molar-refractivity contribution in [1.82, 2.24) is 4.90 Å². The van der Waals surface area contributed by atoms with E-state index in [1.54, 1.807) is 0 Å². The molecule has 0 spiro atoms. The number of carbonyl (C=O) groups excluding carboxylic acids is 1. The number of carboxylic acid groups (broad SMARTS) is 1. The van der Waals surface area contributed by atoms with E-state index in [1.807, 2.05) is 20.8 Å². The number of likely N-dealkylation sites (tertiary alicyclic amines) is 1. The molecule has 1 aliphatic heterocycles. The van der Waals surface area contributed by atoms with Gasteiger partial charge in [-0.05, 0) is 24.2 Å². The highest BCUT2D eigenvalue weighted by atomic mass is 16.6. The van der Waals surface area contributed by atoms with Gasteiger partial charge in [0.05, 0.1) is 0 Å². The van der Waals surface area contributed by atoms with Gasteiger partial charge in [-0.1, -0.05) is 33.4 Å². The molecule has 1 aliphatic rings. The van der Waals surface area contributed by atoms with Crippen LogP contribution < -0.4 is 0 Å². The number of piperidine rings is 1. The summed E-state index contributed by atoms with van der Waals surface area (Å²) in [5.74, 6) is -1.04. The molecule has 1 amide bonds. The highest BCUT2D eigenvalue weighted by Crippen LogP contribution is 2.38. The molecule has 0 unspecified atom stereocenters. The summed E-state index contributed by atoms with van der Waals surface area (Å²) in [5, 5.41) is 9.45. The van der Waals surface area contributed by atoms with Crippen molar-refractivity contribution in [2.45, 2.75) is 39.7 Å². The molecule has 5 heteroatoms. The zero-order valence-corrected chi connectivity index (χ0v) is 11.9. The van der Waals surface area contributed by atoms with E-state index in [0.29, 0.717) is 6.54 Å². The molecule has 0 aliphatic carbocycles. The highest BCUT2D eigenvalue weighted by molar-refractivity contribution is 5.80. The van der Waals surface area contributed by atoms with Gasteiger partial charge in [-0.3, -0.25) is 4.90 Å². The maximum atomic E-state index is 11.9. The first-order chi connectivity index (χ1) is 8.79. The predicted octanol–water partition coefficient (Wildman–Crippen LogP) is 2.52. The summed E-state index contributed by atoms with van der Waals surface area (Å²) in [6.45, 7) is 10.0. The van der Waals surface area contributed by atoms with E-state index in [9.17, 15) is 14.7 Å². The predicted molar refractivity (Wildman–Crippen MR) is 71.9 cm³/mol. The lowest BCUT2D eigenvalue weighted by atomic mass is 9.71. The van der Waals surface area contributed by atoms with Gasteiger partial charge in [0.2, 0.25) is 0 Å². The van der Waals surface area contributed by atoms with Crippen LogP contribution in [-0.2, 0) is 9.53 Å². The van der Waals surface area contributed by atoms with Gasteiger partial charge in [0.15, 0.2) is 0 Å². The molecule has 0 aromatic carbocycles. The van der Waals surface area contributed by atoms with Crippen LogP contribution in [0.25, 0.3) is 0 Å². The fraction of sp³-hybridized carbons (Fsp3) is 0.714. The molecule has 1 N–H and O–H groups in total. The molecule has 2 atom stereocenters. The third-order valence-electron chi connectivity index (χ3n) is 3.56. The van der Waals surface area contributed by atoms with Crippen LogP contribution in [0.2, 0.25) is 0 Å². The van der Waals surface area contributed by atoms with Crippen molar-refractivity contribution in [2.24, 2.45) is 11.3 Å². The number of carbonyl (C=O) groups is 2. The van der Waals surface area contributed by atoms with Gasteiger partial charge in [0, 0.05) is 6.54 Å². The van der Waals surface area contributed by atoms with Crippen LogP contribution in [0.5, 0.6) is 0 Å². The number of hydrogen-bond acceptors (Lipinski definition) is 3. The molecule has 1 fully saturated rings. The van der Waals surface area contributed by atoms with E-state index < -0.39 is 18.1 Å². The molecule has 5 nitrogen and oxygen atoms in total.